The maximum absolute atomic E-state index is 11.0. The van der Waals surface area contributed by atoms with E-state index in [4.69, 9.17) is 14.7 Å². The van der Waals surface area contributed by atoms with Crippen molar-refractivity contribution in [3.63, 3.8) is 0 Å². The molecule has 0 spiro atoms. The molecule has 8 heteroatoms. The van der Waals surface area contributed by atoms with Crippen LogP contribution in [0.3, 0.4) is 0 Å². The molecule has 8 nitrogen and oxygen atoms in total. The molecule has 0 saturated carbocycles. The number of carbonyl (C=O) groups is 1. The van der Waals surface area contributed by atoms with E-state index in [1.165, 1.54) is 19.2 Å². The molecular formula is C10H10N2O6. The van der Waals surface area contributed by atoms with Gasteiger partial charge in [-0.1, -0.05) is 5.16 Å². The minimum atomic E-state index is -0.719. The van der Waals surface area contributed by atoms with Crippen LogP contribution >= 0.6 is 0 Å². The summed E-state index contributed by atoms with van der Waals surface area (Å²) >= 11 is 0. The lowest BCUT2D eigenvalue weighted by Crippen LogP contribution is -2.06. The molecule has 0 heterocycles. The van der Waals surface area contributed by atoms with E-state index >= 15 is 0 Å². The molecule has 1 aromatic rings. The number of hydrogen-bond donors (Lipinski definition) is 1. The molecular weight excluding hydrogens is 244 g/mol. The largest absolute Gasteiger partial charge is 0.488 e. The maximum Gasteiger partial charge on any atom is 0.323 e. The van der Waals surface area contributed by atoms with Gasteiger partial charge in [0.15, 0.2) is 5.75 Å². The van der Waals surface area contributed by atoms with Gasteiger partial charge in [0.2, 0.25) is 5.75 Å². The topological polar surface area (TPSA) is 111 Å². The van der Waals surface area contributed by atoms with E-state index in [0.717, 1.165) is 13.1 Å². The van der Waals surface area contributed by atoms with Crippen LogP contribution in [0.1, 0.15) is 12.5 Å². The quantitative estimate of drug-likeness (QED) is 0.217. The highest BCUT2D eigenvalue weighted by molar-refractivity contribution is 5.88. The summed E-state index contributed by atoms with van der Waals surface area (Å²) in [6.07, 6.45) is 0.887. The maximum atomic E-state index is 11.0. The number of nitro groups is 1. The van der Waals surface area contributed by atoms with Crippen LogP contribution in [-0.4, -0.2) is 29.4 Å². The highest BCUT2D eigenvalue weighted by Gasteiger charge is 2.25. The zero-order valence-corrected chi connectivity index (χ0v) is 9.61. The van der Waals surface area contributed by atoms with Crippen molar-refractivity contribution in [2.45, 2.75) is 6.92 Å². The first-order valence-electron chi connectivity index (χ1n) is 4.72. The normalized spacial score (nSPS) is 10.3. The first-order chi connectivity index (χ1) is 8.51. The van der Waals surface area contributed by atoms with Crippen LogP contribution in [0, 0.1) is 10.1 Å². The number of oxime groups is 1. The van der Waals surface area contributed by atoms with Crippen molar-refractivity contribution in [1.29, 1.82) is 0 Å². The van der Waals surface area contributed by atoms with E-state index in [1.807, 2.05) is 0 Å². The van der Waals surface area contributed by atoms with Gasteiger partial charge in [0.05, 0.1) is 23.8 Å². The number of hydrogen-bond acceptors (Lipinski definition) is 7. The van der Waals surface area contributed by atoms with Crippen molar-refractivity contribution < 1.29 is 24.4 Å². The van der Waals surface area contributed by atoms with Gasteiger partial charge in [-0.3, -0.25) is 14.9 Å². The van der Waals surface area contributed by atoms with Crippen LogP contribution in [0.2, 0.25) is 0 Å². The predicted molar refractivity (Wildman–Crippen MR) is 60.3 cm³/mol. The number of nitro benzene ring substituents is 1. The van der Waals surface area contributed by atoms with Crippen molar-refractivity contribution in [3.05, 3.63) is 27.8 Å². The molecule has 96 valence electrons. The molecule has 0 aliphatic heterocycles. The van der Waals surface area contributed by atoms with Gasteiger partial charge in [-0.25, -0.2) is 0 Å². The van der Waals surface area contributed by atoms with Crippen LogP contribution in [0.15, 0.2) is 17.3 Å². The van der Waals surface area contributed by atoms with Gasteiger partial charge < -0.3 is 14.7 Å². The summed E-state index contributed by atoms with van der Waals surface area (Å²) in [5, 5.41) is 22.1. The van der Waals surface area contributed by atoms with Crippen molar-refractivity contribution in [2.75, 3.05) is 7.11 Å². The zero-order valence-electron chi connectivity index (χ0n) is 9.61. The number of rotatable bonds is 4. The fourth-order valence-corrected chi connectivity index (χ4v) is 1.36. The van der Waals surface area contributed by atoms with E-state index in [0.29, 0.717) is 0 Å². The molecule has 1 N–H and O–H groups in total. The molecule has 0 bridgehead atoms. The van der Waals surface area contributed by atoms with Crippen LogP contribution in [-0.2, 0) is 4.79 Å². The van der Waals surface area contributed by atoms with Gasteiger partial charge in [-0.05, 0) is 12.1 Å². The van der Waals surface area contributed by atoms with Gasteiger partial charge in [-0.2, -0.15) is 0 Å². The molecule has 0 atom stereocenters. The SMILES string of the molecule is COc1c(OC(C)=O)ccc(C=NO)c1[N+](=O)[O-]. The Morgan fingerprint density at radius 1 is 1.56 bits per heavy atom. The smallest absolute Gasteiger partial charge is 0.323 e. The molecule has 0 unspecified atom stereocenters. The molecule has 0 saturated heterocycles. The summed E-state index contributed by atoms with van der Waals surface area (Å²) in [7, 11) is 1.20. The van der Waals surface area contributed by atoms with Crippen LogP contribution in [0.4, 0.5) is 5.69 Å². The lowest BCUT2D eigenvalue weighted by molar-refractivity contribution is -0.385. The summed E-state index contributed by atoms with van der Waals surface area (Å²) in [4.78, 5) is 21.1. The molecule has 0 aliphatic rings. The number of benzene rings is 1. The van der Waals surface area contributed by atoms with E-state index in [2.05, 4.69) is 5.16 Å². The van der Waals surface area contributed by atoms with Crippen molar-refractivity contribution in [1.82, 2.24) is 0 Å². The Morgan fingerprint density at radius 2 is 2.22 bits per heavy atom. The Kier molecular flexibility index (Phi) is 4.19. The third kappa shape index (κ3) is 2.73. The number of ether oxygens (including phenoxy) is 2. The second-order valence-electron chi connectivity index (χ2n) is 3.13. The first-order valence-corrected chi connectivity index (χ1v) is 4.72. The van der Waals surface area contributed by atoms with E-state index in [-0.39, 0.29) is 17.1 Å². The summed E-state index contributed by atoms with van der Waals surface area (Å²) < 4.78 is 9.65. The monoisotopic (exact) mass is 254 g/mol. The second-order valence-corrected chi connectivity index (χ2v) is 3.13. The number of carbonyl (C=O) groups excluding carboxylic acids is 1. The van der Waals surface area contributed by atoms with Crippen molar-refractivity contribution in [2.24, 2.45) is 5.16 Å². The van der Waals surface area contributed by atoms with Crippen molar-refractivity contribution in [3.8, 4) is 11.5 Å². The van der Waals surface area contributed by atoms with Gasteiger partial charge >= 0.3 is 11.7 Å². The van der Waals surface area contributed by atoms with Crippen molar-refractivity contribution >= 4 is 17.9 Å². The number of nitrogens with zero attached hydrogens (tertiary/aromatic N) is 2. The summed E-state index contributed by atoms with van der Waals surface area (Å²) in [6, 6.07) is 2.59. The Labute approximate surface area is 102 Å². The Balaban J connectivity index is 3.47. The first kappa shape index (κ1) is 13.4. The summed E-state index contributed by atoms with van der Waals surface area (Å²) in [5.74, 6) is -0.925. The number of methoxy groups -OCH3 is 1. The van der Waals surface area contributed by atoms with Crippen LogP contribution in [0.5, 0.6) is 11.5 Å². The summed E-state index contributed by atoms with van der Waals surface area (Å²) in [6.45, 7) is 1.16. The van der Waals surface area contributed by atoms with E-state index in [9.17, 15) is 14.9 Å². The Morgan fingerprint density at radius 3 is 2.67 bits per heavy atom. The number of esters is 1. The molecule has 1 rings (SSSR count). The molecule has 0 amide bonds. The minimum Gasteiger partial charge on any atom is -0.488 e. The molecule has 0 aromatic heterocycles. The third-order valence-corrected chi connectivity index (χ3v) is 1.96. The molecule has 0 radical (unpaired) electrons. The molecule has 0 fully saturated rings. The van der Waals surface area contributed by atoms with E-state index in [1.54, 1.807) is 0 Å². The summed E-state index contributed by atoms with van der Waals surface area (Å²) in [5.41, 5.74) is -0.427. The van der Waals surface area contributed by atoms with E-state index < -0.39 is 16.6 Å². The van der Waals surface area contributed by atoms with Crippen LogP contribution < -0.4 is 9.47 Å². The molecule has 1 aromatic carbocycles. The Bertz CT molecular complexity index is 511. The van der Waals surface area contributed by atoms with Gasteiger partial charge in [-0.15, -0.1) is 0 Å². The fraction of sp³-hybridized carbons (Fsp3) is 0.200. The minimum absolute atomic E-state index is 0.0234. The highest BCUT2D eigenvalue weighted by atomic mass is 16.6. The van der Waals surface area contributed by atoms with Gasteiger partial charge in [0.1, 0.15) is 0 Å². The van der Waals surface area contributed by atoms with Crippen LogP contribution in [0.25, 0.3) is 0 Å². The second kappa shape index (κ2) is 5.62. The lowest BCUT2D eigenvalue weighted by Gasteiger charge is -2.09. The lowest BCUT2D eigenvalue weighted by atomic mass is 10.1. The predicted octanol–water partition coefficient (Wildman–Crippen LogP) is 1.34. The fourth-order valence-electron chi connectivity index (χ4n) is 1.36. The van der Waals surface area contributed by atoms with Gasteiger partial charge in [0, 0.05) is 6.92 Å². The standard InChI is InChI=1S/C10H10N2O6/c1-6(13)18-8-4-3-7(5-11-14)9(12(15)16)10(8)17-2/h3-5,14H,1-2H3. The average Bonchev–Trinajstić information content (AvgIpc) is 2.29. The Hall–Kier alpha value is -2.64. The zero-order chi connectivity index (χ0) is 13.7. The van der Waals surface area contributed by atoms with Gasteiger partial charge in [0.25, 0.3) is 0 Å². The highest BCUT2D eigenvalue weighted by Crippen LogP contribution is 2.39. The third-order valence-electron chi connectivity index (χ3n) is 1.96. The average molecular weight is 254 g/mol. The molecule has 18 heavy (non-hydrogen) atoms. The molecule has 0 aliphatic carbocycles.